The third kappa shape index (κ3) is 4.76. The maximum Gasteiger partial charge on any atom is 0.258 e. The van der Waals surface area contributed by atoms with Crippen LogP contribution in [-0.4, -0.2) is 18.3 Å². The molecule has 0 bridgehead atoms. The molecule has 0 saturated heterocycles. The molecule has 0 aliphatic heterocycles. The highest BCUT2D eigenvalue weighted by molar-refractivity contribution is 5.94. The molecular weight excluding hydrogens is 352 g/mol. The molecule has 1 atom stereocenters. The van der Waals surface area contributed by atoms with Crippen LogP contribution in [0.4, 0.5) is 5.69 Å². The van der Waals surface area contributed by atoms with Gasteiger partial charge in [0.15, 0.2) is 12.4 Å². The molecule has 6 heteroatoms. The van der Waals surface area contributed by atoms with Gasteiger partial charge in [-0.1, -0.05) is 18.2 Å². The number of hydrogen-bond donors (Lipinski definition) is 2. The summed E-state index contributed by atoms with van der Waals surface area (Å²) in [5.74, 6) is 0.301. The Labute approximate surface area is 159 Å². The molecular formula is C20H23ClN2O3. The molecule has 0 spiro atoms. The Hall–Kier alpha value is -2.53. The van der Waals surface area contributed by atoms with Gasteiger partial charge in [-0.3, -0.25) is 9.59 Å². The zero-order chi connectivity index (χ0) is 17.8. The van der Waals surface area contributed by atoms with Crippen molar-refractivity contribution in [2.75, 3.05) is 12.3 Å². The number of ether oxygens (including phenoxy) is 1. The van der Waals surface area contributed by atoms with Gasteiger partial charge in [-0.25, -0.2) is 0 Å². The van der Waals surface area contributed by atoms with E-state index in [9.17, 15) is 9.59 Å². The molecule has 1 aliphatic carbocycles. The number of amides is 1. The van der Waals surface area contributed by atoms with Gasteiger partial charge in [0.1, 0.15) is 5.75 Å². The molecule has 2 aromatic carbocycles. The molecule has 0 radical (unpaired) electrons. The predicted octanol–water partition coefficient (Wildman–Crippen LogP) is 3.47. The van der Waals surface area contributed by atoms with Gasteiger partial charge < -0.3 is 15.8 Å². The van der Waals surface area contributed by atoms with Crippen molar-refractivity contribution >= 4 is 29.8 Å². The minimum atomic E-state index is -0.178. The highest BCUT2D eigenvalue weighted by atomic mass is 35.5. The lowest BCUT2D eigenvalue weighted by atomic mass is 9.87. The first-order chi connectivity index (χ1) is 12.0. The summed E-state index contributed by atoms with van der Waals surface area (Å²) in [4.78, 5) is 23.6. The highest BCUT2D eigenvalue weighted by Gasteiger charge is 2.22. The lowest BCUT2D eigenvalue weighted by Gasteiger charge is -2.26. The summed E-state index contributed by atoms with van der Waals surface area (Å²) in [5, 5.41) is 3.03. The Bertz CT molecular complexity index is 807. The van der Waals surface area contributed by atoms with Crippen LogP contribution in [-0.2, 0) is 11.2 Å². The van der Waals surface area contributed by atoms with Gasteiger partial charge >= 0.3 is 0 Å². The molecule has 5 nitrogen and oxygen atoms in total. The molecule has 2 aromatic rings. The topological polar surface area (TPSA) is 81.4 Å². The van der Waals surface area contributed by atoms with Crippen molar-refractivity contribution in [2.45, 2.75) is 32.2 Å². The monoisotopic (exact) mass is 374 g/mol. The largest absolute Gasteiger partial charge is 0.484 e. The number of carbonyl (C=O) groups is 2. The Morgan fingerprint density at radius 2 is 2.04 bits per heavy atom. The number of aryl methyl sites for hydroxylation is 1. The first kappa shape index (κ1) is 19.8. The molecule has 1 unspecified atom stereocenters. The third-order valence-electron chi connectivity index (χ3n) is 4.43. The summed E-state index contributed by atoms with van der Waals surface area (Å²) in [5.41, 5.74) is 9.49. The number of halogens is 1. The maximum absolute atomic E-state index is 12.3. The van der Waals surface area contributed by atoms with E-state index in [0.717, 1.165) is 30.5 Å². The number of Topliss-reactive ketones (excluding diaryl/α,β-unsaturated/α-hetero) is 1. The van der Waals surface area contributed by atoms with E-state index >= 15 is 0 Å². The SMILES string of the molecule is CC(=O)c1cccc(OCC(=O)NC2CCCc3cc(N)ccc32)c1.Cl. The Morgan fingerprint density at radius 1 is 1.23 bits per heavy atom. The van der Waals surface area contributed by atoms with E-state index in [-0.39, 0.29) is 36.7 Å². The summed E-state index contributed by atoms with van der Waals surface area (Å²) in [6.45, 7) is 1.42. The Kier molecular flexibility index (Phi) is 6.64. The van der Waals surface area contributed by atoms with Crippen LogP contribution in [0, 0.1) is 0 Å². The van der Waals surface area contributed by atoms with Crippen molar-refractivity contribution in [1.29, 1.82) is 0 Å². The fourth-order valence-corrected chi connectivity index (χ4v) is 3.17. The van der Waals surface area contributed by atoms with Crippen LogP contribution in [0.15, 0.2) is 42.5 Å². The number of carbonyl (C=O) groups excluding carboxylic acids is 2. The van der Waals surface area contributed by atoms with Crippen LogP contribution in [0.1, 0.15) is 47.3 Å². The van der Waals surface area contributed by atoms with Crippen LogP contribution in [0.5, 0.6) is 5.75 Å². The number of rotatable bonds is 5. The molecule has 3 rings (SSSR count). The summed E-state index contributed by atoms with van der Waals surface area (Å²) in [6, 6.07) is 12.7. The minimum absolute atomic E-state index is 0. The second kappa shape index (κ2) is 8.72. The van der Waals surface area contributed by atoms with Crippen molar-refractivity contribution < 1.29 is 14.3 Å². The van der Waals surface area contributed by atoms with Gasteiger partial charge in [-0.05, 0) is 61.6 Å². The summed E-state index contributed by atoms with van der Waals surface area (Å²) >= 11 is 0. The number of fused-ring (bicyclic) bond motifs is 1. The molecule has 0 saturated carbocycles. The van der Waals surface area contributed by atoms with Crippen LogP contribution < -0.4 is 15.8 Å². The fourth-order valence-electron chi connectivity index (χ4n) is 3.17. The molecule has 3 N–H and O–H groups in total. The highest BCUT2D eigenvalue weighted by Crippen LogP contribution is 2.30. The van der Waals surface area contributed by atoms with Crippen LogP contribution >= 0.6 is 12.4 Å². The first-order valence-electron chi connectivity index (χ1n) is 8.44. The first-order valence-corrected chi connectivity index (χ1v) is 8.44. The van der Waals surface area contributed by atoms with Crippen LogP contribution in [0.25, 0.3) is 0 Å². The summed E-state index contributed by atoms with van der Waals surface area (Å²) in [6.07, 6.45) is 2.91. The second-order valence-electron chi connectivity index (χ2n) is 6.34. The third-order valence-corrected chi connectivity index (χ3v) is 4.43. The van der Waals surface area contributed by atoms with Crippen molar-refractivity contribution in [1.82, 2.24) is 5.32 Å². The smallest absolute Gasteiger partial charge is 0.258 e. The molecule has 0 heterocycles. The maximum atomic E-state index is 12.3. The second-order valence-corrected chi connectivity index (χ2v) is 6.34. The molecule has 1 amide bonds. The van der Waals surface area contributed by atoms with Crippen molar-refractivity contribution in [3.05, 3.63) is 59.2 Å². The normalized spacial score (nSPS) is 15.3. The number of nitrogen functional groups attached to an aromatic ring is 1. The Balaban J connectivity index is 0.00000243. The molecule has 1 aliphatic rings. The van der Waals surface area contributed by atoms with Gasteiger partial charge in [0.2, 0.25) is 0 Å². The van der Waals surface area contributed by atoms with Gasteiger partial charge in [0, 0.05) is 11.3 Å². The van der Waals surface area contributed by atoms with E-state index < -0.39 is 0 Å². The molecule has 138 valence electrons. The van der Waals surface area contributed by atoms with Crippen LogP contribution in [0.3, 0.4) is 0 Å². The van der Waals surface area contributed by atoms with Gasteiger partial charge in [-0.2, -0.15) is 0 Å². The van der Waals surface area contributed by atoms with E-state index in [1.54, 1.807) is 24.3 Å². The average molecular weight is 375 g/mol. The average Bonchev–Trinajstić information content (AvgIpc) is 2.60. The van der Waals surface area contributed by atoms with Crippen molar-refractivity contribution in [3.8, 4) is 5.75 Å². The summed E-state index contributed by atoms with van der Waals surface area (Å²) < 4.78 is 5.52. The molecule has 26 heavy (non-hydrogen) atoms. The van der Waals surface area contributed by atoms with E-state index in [2.05, 4.69) is 5.32 Å². The number of anilines is 1. The lowest BCUT2D eigenvalue weighted by Crippen LogP contribution is -2.34. The van der Waals surface area contributed by atoms with Crippen molar-refractivity contribution in [3.63, 3.8) is 0 Å². The Morgan fingerprint density at radius 3 is 2.81 bits per heavy atom. The predicted molar refractivity (Wildman–Crippen MR) is 104 cm³/mol. The number of hydrogen-bond acceptors (Lipinski definition) is 4. The number of nitrogens with two attached hydrogens (primary N) is 1. The van der Waals surface area contributed by atoms with Crippen molar-refractivity contribution in [2.24, 2.45) is 0 Å². The number of nitrogens with one attached hydrogen (secondary N) is 1. The van der Waals surface area contributed by atoms with Gasteiger partial charge in [0.25, 0.3) is 5.91 Å². The summed E-state index contributed by atoms with van der Waals surface area (Å²) in [7, 11) is 0. The van der Waals surface area contributed by atoms with E-state index in [1.807, 2.05) is 18.2 Å². The fraction of sp³-hybridized carbons (Fsp3) is 0.300. The molecule has 0 aromatic heterocycles. The zero-order valence-corrected chi connectivity index (χ0v) is 15.5. The number of benzene rings is 2. The standard InChI is InChI=1S/C20H22N2O3.ClH/c1-13(23)14-4-2-6-17(11-14)25-12-20(24)22-19-7-3-5-15-10-16(21)8-9-18(15)19;/h2,4,6,8-11,19H,3,5,7,12,21H2,1H3,(H,22,24);1H. The van der Waals surface area contributed by atoms with Gasteiger partial charge in [0.05, 0.1) is 6.04 Å². The zero-order valence-electron chi connectivity index (χ0n) is 14.7. The minimum Gasteiger partial charge on any atom is -0.484 e. The lowest BCUT2D eigenvalue weighted by molar-refractivity contribution is -0.123. The van der Waals surface area contributed by atoms with E-state index in [4.69, 9.17) is 10.5 Å². The molecule has 0 fully saturated rings. The van der Waals surface area contributed by atoms with Crippen LogP contribution in [0.2, 0.25) is 0 Å². The van der Waals surface area contributed by atoms with E-state index in [1.165, 1.54) is 12.5 Å². The van der Waals surface area contributed by atoms with Gasteiger partial charge in [-0.15, -0.1) is 12.4 Å². The number of ketones is 1. The quantitative estimate of drug-likeness (QED) is 0.620. The van der Waals surface area contributed by atoms with E-state index in [0.29, 0.717) is 11.3 Å².